The molecule has 0 aliphatic carbocycles. The normalized spacial score (nSPS) is 15.4. The van der Waals surface area contributed by atoms with Gasteiger partial charge in [-0.2, -0.15) is 0 Å². The molecule has 1 amide bonds. The Morgan fingerprint density at radius 1 is 1.20 bits per heavy atom. The average molecular weight is 458 g/mol. The summed E-state index contributed by atoms with van der Waals surface area (Å²) >= 11 is 6.85. The minimum absolute atomic E-state index is 0.164. The predicted octanol–water partition coefficient (Wildman–Crippen LogP) is 4.49. The smallest absolute Gasteiger partial charge is 0.406 e. The standard InChI is InChI=1S/C18H15ClF3N5O2S/c19-14-3-4-15(26-25-14)27-7-5-10(6-8-27)16(28)24-17-23-12-2-1-11(9-13(12)30-17)29-18(20,21)22/h1-4,9-10H,5-8H2,(H,23,24,28). The number of alkyl halides is 3. The molecule has 3 aromatic rings. The largest absolute Gasteiger partial charge is 0.573 e. The van der Waals surface area contributed by atoms with Crippen molar-refractivity contribution in [2.75, 3.05) is 23.3 Å². The van der Waals surface area contributed by atoms with Crippen molar-refractivity contribution in [1.82, 2.24) is 15.2 Å². The highest BCUT2D eigenvalue weighted by atomic mass is 35.5. The van der Waals surface area contributed by atoms with Crippen molar-refractivity contribution >= 4 is 50.0 Å². The number of benzene rings is 1. The minimum atomic E-state index is -4.76. The number of thiazole rings is 1. The number of hydrogen-bond acceptors (Lipinski definition) is 7. The molecule has 158 valence electrons. The average Bonchev–Trinajstić information content (AvgIpc) is 3.09. The fourth-order valence-corrected chi connectivity index (χ4v) is 4.21. The summed E-state index contributed by atoms with van der Waals surface area (Å²) < 4.78 is 41.5. The van der Waals surface area contributed by atoms with Gasteiger partial charge in [0.2, 0.25) is 5.91 Å². The summed E-state index contributed by atoms with van der Waals surface area (Å²) in [4.78, 5) is 18.9. The molecule has 4 rings (SSSR count). The zero-order chi connectivity index (χ0) is 21.3. The molecule has 0 radical (unpaired) electrons. The first-order chi connectivity index (χ1) is 14.3. The minimum Gasteiger partial charge on any atom is -0.406 e. The van der Waals surface area contributed by atoms with Crippen LogP contribution in [-0.2, 0) is 4.79 Å². The zero-order valence-corrected chi connectivity index (χ0v) is 16.9. The van der Waals surface area contributed by atoms with Crippen molar-refractivity contribution in [1.29, 1.82) is 0 Å². The number of amides is 1. The number of ether oxygens (including phenoxy) is 1. The Morgan fingerprint density at radius 2 is 1.97 bits per heavy atom. The molecule has 0 atom stereocenters. The molecule has 7 nitrogen and oxygen atoms in total. The first kappa shape index (κ1) is 20.6. The fourth-order valence-electron chi connectivity index (χ4n) is 3.21. The SMILES string of the molecule is O=C(Nc1nc2ccc(OC(F)(F)F)cc2s1)C1CCN(c2ccc(Cl)nn2)CC1. The quantitative estimate of drug-likeness (QED) is 0.621. The van der Waals surface area contributed by atoms with Gasteiger partial charge in [0.25, 0.3) is 0 Å². The third-order valence-corrected chi connectivity index (χ3v) is 5.77. The van der Waals surface area contributed by atoms with Gasteiger partial charge in [-0.25, -0.2) is 4.98 Å². The van der Waals surface area contributed by atoms with Gasteiger partial charge in [-0.3, -0.25) is 4.79 Å². The first-order valence-corrected chi connectivity index (χ1v) is 10.2. The van der Waals surface area contributed by atoms with E-state index >= 15 is 0 Å². The summed E-state index contributed by atoms with van der Waals surface area (Å²) in [6, 6.07) is 7.32. The van der Waals surface area contributed by atoms with Crippen LogP contribution in [0.25, 0.3) is 10.2 Å². The third-order valence-electron chi connectivity index (χ3n) is 4.63. The molecule has 0 unspecified atom stereocenters. The zero-order valence-electron chi connectivity index (χ0n) is 15.3. The van der Waals surface area contributed by atoms with Gasteiger partial charge in [-0.15, -0.1) is 23.4 Å². The van der Waals surface area contributed by atoms with E-state index in [9.17, 15) is 18.0 Å². The number of fused-ring (bicyclic) bond motifs is 1. The predicted molar refractivity (Wildman–Crippen MR) is 107 cm³/mol. The Bertz CT molecular complexity index is 1050. The van der Waals surface area contributed by atoms with Crippen molar-refractivity contribution in [3.63, 3.8) is 0 Å². The molecule has 0 spiro atoms. The number of halogens is 4. The van der Waals surface area contributed by atoms with Gasteiger partial charge in [0.05, 0.1) is 10.2 Å². The second-order valence-corrected chi connectivity index (χ2v) is 8.08. The van der Waals surface area contributed by atoms with Crippen molar-refractivity contribution in [3.05, 3.63) is 35.5 Å². The van der Waals surface area contributed by atoms with E-state index in [0.717, 1.165) is 11.3 Å². The third kappa shape index (κ3) is 4.90. The van der Waals surface area contributed by atoms with Crippen LogP contribution in [0.2, 0.25) is 5.15 Å². The van der Waals surface area contributed by atoms with Gasteiger partial charge in [-0.05, 0) is 37.1 Å². The van der Waals surface area contributed by atoms with Crippen LogP contribution < -0.4 is 15.0 Å². The highest BCUT2D eigenvalue weighted by molar-refractivity contribution is 7.22. The number of nitrogens with zero attached hydrogens (tertiary/aromatic N) is 4. The number of rotatable bonds is 4. The lowest BCUT2D eigenvalue weighted by Crippen LogP contribution is -2.38. The number of hydrogen-bond donors (Lipinski definition) is 1. The van der Waals surface area contributed by atoms with E-state index in [2.05, 4.69) is 25.2 Å². The number of aromatic nitrogens is 3. The molecule has 0 saturated carbocycles. The molecule has 1 aliphatic rings. The molecule has 0 bridgehead atoms. The van der Waals surface area contributed by atoms with Crippen LogP contribution in [0.5, 0.6) is 5.75 Å². The number of carbonyl (C=O) groups excluding carboxylic acids is 1. The fraction of sp³-hybridized carbons (Fsp3) is 0.333. The Hall–Kier alpha value is -2.66. The van der Waals surface area contributed by atoms with Crippen LogP contribution in [0.4, 0.5) is 24.1 Å². The van der Waals surface area contributed by atoms with E-state index < -0.39 is 6.36 Å². The number of carbonyl (C=O) groups is 1. The molecule has 3 heterocycles. The lowest BCUT2D eigenvalue weighted by molar-refractivity contribution is -0.274. The maximum atomic E-state index is 12.6. The molecule has 2 aromatic heterocycles. The van der Waals surface area contributed by atoms with Crippen molar-refractivity contribution in [3.8, 4) is 5.75 Å². The summed E-state index contributed by atoms with van der Waals surface area (Å²) in [5.74, 6) is 0.0239. The van der Waals surface area contributed by atoms with Crippen LogP contribution in [0.15, 0.2) is 30.3 Å². The first-order valence-electron chi connectivity index (χ1n) is 8.98. The summed E-state index contributed by atoms with van der Waals surface area (Å²) in [6.45, 7) is 1.29. The highest BCUT2D eigenvalue weighted by Gasteiger charge is 2.31. The summed E-state index contributed by atoms with van der Waals surface area (Å²) in [5, 5.41) is 11.3. The highest BCUT2D eigenvalue weighted by Crippen LogP contribution is 2.32. The maximum absolute atomic E-state index is 12.6. The molecule has 1 N–H and O–H groups in total. The van der Waals surface area contributed by atoms with Crippen molar-refractivity contribution in [2.24, 2.45) is 5.92 Å². The molecule has 12 heteroatoms. The Balaban J connectivity index is 1.37. The second-order valence-electron chi connectivity index (χ2n) is 6.66. The topological polar surface area (TPSA) is 80.2 Å². The molecule has 1 aliphatic heterocycles. The lowest BCUT2D eigenvalue weighted by atomic mass is 9.96. The lowest BCUT2D eigenvalue weighted by Gasteiger charge is -2.31. The number of nitrogens with one attached hydrogen (secondary N) is 1. The van der Waals surface area contributed by atoms with Gasteiger partial charge in [0.1, 0.15) is 5.75 Å². The summed E-state index contributed by atoms with van der Waals surface area (Å²) in [5.41, 5.74) is 0.487. The van der Waals surface area contributed by atoms with Gasteiger partial charge in [0, 0.05) is 25.1 Å². The van der Waals surface area contributed by atoms with E-state index in [4.69, 9.17) is 11.6 Å². The molecular formula is C18H15ClF3N5O2S. The van der Waals surface area contributed by atoms with E-state index in [-0.39, 0.29) is 17.6 Å². The molecule has 1 aromatic carbocycles. The van der Waals surface area contributed by atoms with Crippen LogP contribution in [0.1, 0.15) is 12.8 Å². The van der Waals surface area contributed by atoms with Crippen LogP contribution >= 0.6 is 22.9 Å². The van der Waals surface area contributed by atoms with Crippen LogP contribution in [0.3, 0.4) is 0 Å². The van der Waals surface area contributed by atoms with E-state index in [1.807, 2.05) is 4.90 Å². The van der Waals surface area contributed by atoms with Gasteiger partial charge in [0.15, 0.2) is 16.1 Å². The van der Waals surface area contributed by atoms with Crippen LogP contribution in [0, 0.1) is 5.92 Å². The molecule has 1 fully saturated rings. The molecular weight excluding hydrogens is 443 g/mol. The summed E-state index contributed by atoms with van der Waals surface area (Å²) in [7, 11) is 0. The molecule has 1 saturated heterocycles. The van der Waals surface area contributed by atoms with E-state index in [1.165, 1.54) is 18.2 Å². The Morgan fingerprint density at radius 3 is 2.63 bits per heavy atom. The molecule has 30 heavy (non-hydrogen) atoms. The maximum Gasteiger partial charge on any atom is 0.573 e. The Kier molecular flexibility index (Phi) is 5.65. The monoisotopic (exact) mass is 457 g/mol. The second kappa shape index (κ2) is 8.23. The summed E-state index contributed by atoms with van der Waals surface area (Å²) in [6.07, 6.45) is -3.50. The van der Waals surface area contributed by atoms with Crippen molar-refractivity contribution < 1.29 is 22.7 Å². The van der Waals surface area contributed by atoms with Gasteiger partial charge < -0.3 is 15.0 Å². The van der Waals surface area contributed by atoms with Crippen LogP contribution in [-0.4, -0.2) is 40.5 Å². The Labute approximate surface area is 177 Å². The number of piperidine rings is 1. The van der Waals surface area contributed by atoms with E-state index in [0.29, 0.717) is 52.3 Å². The number of anilines is 2. The van der Waals surface area contributed by atoms with Gasteiger partial charge in [-0.1, -0.05) is 22.9 Å². The van der Waals surface area contributed by atoms with Gasteiger partial charge >= 0.3 is 6.36 Å². The van der Waals surface area contributed by atoms with E-state index in [1.54, 1.807) is 12.1 Å². The van der Waals surface area contributed by atoms with Crippen molar-refractivity contribution in [2.45, 2.75) is 19.2 Å².